The van der Waals surface area contributed by atoms with Crippen LogP contribution in [-0.4, -0.2) is 9.97 Å². The van der Waals surface area contributed by atoms with Gasteiger partial charge in [-0.15, -0.1) is 0 Å². The van der Waals surface area contributed by atoms with Gasteiger partial charge in [-0.2, -0.15) is 0 Å². The van der Waals surface area contributed by atoms with Gasteiger partial charge in [0, 0.05) is 6.04 Å². The molecule has 104 valence electrons. The molecular formula is C18H17N3. The monoisotopic (exact) mass is 275 g/mol. The summed E-state index contributed by atoms with van der Waals surface area (Å²) in [7, 11) is 0. The molecule has 0 amide bonds. The second kappa shape index (κ2) is 4.93. The van der Waals surface area contributed by atoms with E-state index < -0.39 is 0 Å². The third-order valence-electron chi connectivity index (χ3n) is 4.35. The van der Waals surface area contributed by atoms with Crippen LogP contribution < -0.4 is 5.73 Å². The van der Waals surface area contributed by atoms with Gasteiger partial charge in [0.1, 0.15) is 0 Å². The van der Waals surface area contributed by atoms with E-state index in [2.05, 4.69) is 34.2 Å². The molecule has 0 fully saturated rings. The molecule has 1 heterocycles. The molecule has 2 unspecified atom stereocenters. The summed E-state index contributed by atoms with van der Waals surface area (Å²) < 4.78 is 0. The maximum absolute atomic E-state index is 6.35. The molecule has 2 atom stereocenters. The van der Waals surface area contributed by atoms with Gasteiger partial charge in [-0.1, -0.05) is 36.4 Å². The van der Waals surface area contributed by atoms with Gasteiger partial charge in [-0.25, -0.2) is 4.98 Å². The smallest absolute Gasteiger partial charge is 0.0890 e. The second-order valence-corrected chi connectivity index (χ2v) is 5.73. The molecule has 0 bridgehead atoms. The molecule has 3 aromatic rings. The van der Waals surface area contributed by atoms with Crippen LogP contribution in [0.4, 0.5) is 0 Å². The van der Waals surface area contributed by atoms with Crippen molar-refractivity contribution < 1.29 is 0 Å². The molecule has 1 aliphatic carbocycles. The van der Waals surface area contributed by atoms with Crippen LogP contribution in [0.5, 0.6) is 0 Å². The van der Waals surface area contributed by atoms with Crippen molar-refractivity contribution in [2.24, 2.45) is 5.73 Å². The predicted octanol–water partition coefficient (Wildman–Crippen LogP) is 3.36. The fourth-order valence-electron chi connectivity index (χ4n) is 3.15. The Labute approximate surface area is 123 Å². The van der Waals surface area contributed by atoms with Crippen LogP contribution >= 0.6 is 0 Å². The Morgan fingerprint density at radius 3 is 2.67 bits per heavy atom. The van der Waals surface area contributed by atoms with Crippen LogP contribution in [0.3, 0.4) is 0 Å². The highest BCUT2D eigenvalue weighted by Crippen LogP contribution is 2.39. The zero-order valence-electron chi connectivity index (χ0n) is 11.7. The number of rotatable bonds is 3. The van der Waals surface area contributed by atoms with E-state index in [4.69, 9.17) is 5.73 Å². The van der Waals surface area contributed by atoms with Crippen LogP contribution in [0.15, 0.2) is 54.7 Å². The average Bonchev–Trinajstić information content (AvgIpc) is 2.52. The van der Waals surface area contributed by atoms with Gasteiger partial charge < -0.3 is 5.73 Å². The SMILES string of the molecule is NC(CC1Cc2ccccc21)c1cnc2ccccc2n1. The molecule has 21 heavy (non-hydrogen) atoms. The molecule has 3 nitrogen and oxygen atoms in total. The van der Waals surface area contributed by atoms with Gasteiger partial charge in [-0.05, 0) is 42.0 Å². The molecule has 0 saturated heterocycles. The first-order chi connectivity index (χ1) is 10.3. The summed E-state index contributed by atoms with van der Waals surface area (Å²) in [5.41, 5.74) is 12.0. The van der Waals surface area contributed by atoms with Crippen molar-refractivity contribution in [3.05, 3.63) is 71.5 Å². The number of nitrogens with two attached hydrogens (primary N) is 1. The van der Waals surface area contributed by atoms with E-state index in [1.165, 1.54) is 11.1 Å². The molecule has 0 saturated carbocycles. The zero-order chi connectivity index (χ0) is 14.2. The Kier molecular flexibility index (Phi) is 2.93. The Hall–Kier alpha value is -2.26. The van der Waals surface area contributed by atoms with E-state index in [1.807, 2.05) is 30.5 Å². The highest BCUT2D eigenvalue weighted by molar-refractivity contribution is 5.73. The standard InChI is InChI=1S/C18H17N3/c19-15(10-13-9-12-5-1-2-6-14(12)13)18-11-20-16-7-3-4-8-17(16)21-18/h1-8,11,13,15H,9-10,19H2. The van der Waals surface area contributed by atoms with Crippen molar-refractivity contribution >= 4 is 11.0 Å². The normalized spacial score (nSPS) is 18.0. The first-order valence-corrected chi connectivity index (χ1v) is 7.36. The number of fused-ring (bicyclic) bond motifs is 2. The lowest BCUT2D eigenvalue weighted by atomic mass is 9.74. The summed E-state index contributed by atoms with van der Waals surface area (Å²) in [6.07, 6.45) is 3.88. The topological polar surface area (TPSA) is 51.8 Å². The fourth-order valence-corrected chi connectivity index (χ4v) is 3.15. The summed E-state index contributed by atoms with van der Waals surface area (Å²) in [5, 5.41) is 0. The molecule has 4 rings (SSSR count). The minimum absolute atomic E-state index is 0.0551. The van der Waals surface area contributed by atoms with E-state index in [1.54, 1.807) is 0 Å². The highest BCUT2D eigenvalue weighted by Gasteiger charge is 2.27. The van der Waals surface area contributed by atoms with Crippen molar-refractivity contribution in [1.82, 2.24) is 9.97 Å². The quantitative estimate of drug-likeness (QED) is 0.797. The molecule has 2 aromatic carbocycles. The van der Waals surface area contributed by atoms with E-state index >= 15 is 0 Å². The number of nitrogens with zero attached hydrogens (tertiary/aromatic N) is 2. The van der Waals surface area contributed by atoms with Gasteiger partial charge in [0.05, 0.1) is 22.9 Å². The molecule has 0 spiro atoms. The number of benzene rings is 2. The van der Waals surface area contributed by atoms with Crippen molar-refractivity contribution in [3.63, 3.8) is 0 Å². The number of hydrogen-bond acceptors (Lipinski definition) is 3. The maximum Gasteiger partial charge on any atom is 0.0890 e. The van der Waals surface area contributed by atoms with E-state index in [0.29, 0.717) is 5.92 Å². The van der Waals surface area contributed by atoms with Gasteiger partial charge >= 0.3 is 0 Å². The van der Waals surface area contributed by atoms with Gasteiger partial charge in [0.15, 0.2) is 0 Å². The van der Waals surface area contributed by atoms with Crippen LogP contribution in [0.2, 0.25) is 0 Å². The summed E-state index contributed by atoms with van der Waals surface area (Å²) in [4.78, 5) is 9.11. The summed E-state index contributed by atoms with van der Waals surface area (Å²) >= 11 is 0. The van der Waals surface area contributed by atoms with Crippen LogP contribution in [0.25, 0.3) is 11.0 Å². The first kappa shape index (κ1) is 12.5. The second-order valence-electron chi connectivity index (χ2n) is 5.73. The van der Waals surface area contributed by atoms with Crippen LogP contribution in [-0.2, 0) is 6.42 Å². The highest BCUT2D eigenvalue weighted by atomic mass is 14.8. The van der Waals surface area contributed by atoms with Crippen molar-refractivity contribution in [3.8, 4) is 0 Å². The number of hydrogen-bond donors (Lipinski definition) is 1. The van der Waals surface area contributed by atoms with Crippen LogP contribution in [0.1, 0.15) is 35.2 Å². The molecule has 3 heteroatoms. The van der Waals surface area contributed by atoms with Crippen molar-refractivity contribution in [2.45, 2.75) is 24.8 Å². The Bertz CT molecular complexity index is 797. The average molecular weight is 275 g/mol. The fraction of sp³-hybridized carbons (Fsp3) is 0.222. The van der Waals surface area contributed by atoms with Gasteiger partial charge in [0.25, 0.3) is 0 Å². The first-order valence-electron chi connectivity index (χ1n) is 7.36. The Balaban J connectivity index is 1.56. The molecule has 1 aromatic heterocycles. The molecule has 2 N–H and O–H groups in total. The number of aromatic nitrogens is 2. The van der Waals surface area contributed by atoms with Crippen LogP contribution in [0, 0.1) is 0 Å². The summed E-state index contributed by atoms with van der Waals surface area (Å²) in [6, 6.07) is 16.5. The molecular weight excluding hydrogens is 258 g/mol. The van der Waals surface area contributed by atoms with E-state index in [0.717, 1.165) is 29.6 Å². The van der Waals surface area contributed by atoms with E-state index in [-0.39, 0.29) is 6.04 Å². The minimum atomic E-state index is -0.0551. The Morgan fingerprint density at radius 1 is 1.05 bits per heavy atom. The maximum atomic E-state index is 6.35. The number of para-hydroxylation sites is 2. The largest absolute Gasteiger partial charge is 0.323 e. The zero-order valence-corrected chi connectivity index (χ0v) is 11.7. The lowest BCUT2D eigenvalue weighted by Gasteiger charge is -2.31. The predicted molar refractivity (Wildman–Crippen MR) is 84.0 cm³/mol. The summed E-state index contributed by atoms with van der Waals surface area (Å²) in [5.74, 6) is 0.560. The molecule has 0 aliphatic heterocycles. The van der Waals surface area contributed by atoms with Crippen molar-refractivity contribution in [1.29, 1.82) is 0 Å². The third-order valence-corrected chi connectivity index (χ3v) is 4.35. The lowest BCUT2D eigenvalue weighted by molar-refractivity contribution is 0.492. The molecule has 1 aliphatic rings. The lowest BCUT2D eigenvalue weighted by Crippen LogP contribution is -2.23. The van der Waals surface area contributed by atoms with Gasteiger partial charge in [0.2, 0.25) is 0 Å². The third kappa shape index (κ3) is 2.20. The van der Waals surface area contributed by atoms with Crippen molar-refractivity contribution in [2.75, 3.05) is 0 Å². The van der Waals surface area contributed by atoms with E-state index in [9.17, 15) is 0 Å². The summed E-state index contributed by atoms with van der Waals surface area (Å²) in [6.45, 7) is 0. The minimum Gasteiger partial charge on any atom is -0.323 e. The van der Waals surface area contributed by atoms with Gasteiger partial charge in [-0.3, -0.25) is 4.98 Å². The Morgan fingerprint density at radius 2 is 1.81 bits per heavy atom. The molecule has 0 radical (unpaired) electrons.